The third-order valence-electron chi connectivity index (χ3n) is 3.38. The summed E-state index contributed by atoms with van der Waals surface area (Å²) in [6.45, 7) is 0. The highest BCUT2D eigenvalue weighted by Crippen LogP contribution is 2.45. The van der Waals surface area contributed by atoms with Crippen LogP contribution in [0, 0.1) is 0 Å². The third kappa shape index (κ3) is 3.00. The molecule has 24 heavy (non-hydrogen) atoms. The van der Waals surface area contributed by atoms with Crippen LogP contribution in [-0.4, -0.2) is 30.4 Å². The molecule has 1 heterocycles. The second kappa shape index (κ2) is 6.62. The number of carboxylic acid groups (broad SMARTS) is 1. The van der Waals surface area contributed by atoms with E-state index in [0.717, 1.165) is 15.0 Å². The van der Waals surface area contributed by atoms with Crippen LogP contribution in [0.25, 0.3) is 10.1 Å². The Hall–Kier alpha value is -2.38. The number of fused-ring (bicyclic) bond motifs is 1. The average Bonchev–Trinajstić information content (AvgIpc) is 2.91. The largest absolute Gasteiger partial charge is 0.508 e. The van der Waals surface area contributed by atoms with Crippen molar-refractivity contribution in [2.24, 2.45) is 0 Å². The predicted octanol–water partition coefficient (Wildman–Crippen LogP) is 4.47. The fraction of sp³-hybridized carbons (Fsp3) is 0.118. The lowest BCUT2D eigenvalue weighted by molar-refractivity contribution is 0.0699. The van der Waals surface area contributed by atoms with Crippen molar-refractivity contribution < 1.29 is 24.5 Å². The van der Waals surface area contributed by atoms with Crippen LogP contribution >= 0.6 is 23.1 Å². The summed E-state index contributed by atoms with van der Waals surface area (Å²) >= 11 is 2.48. The Labute approximate surface area is 146 Å². The molecule has 0 aliphatic heterocycles. The second-order valence-electron chi connectivity index (χ2n) is 4.87. The van der Waals surface area contributed by atoms with Gasteiger partial charge in [-0.15, -0.1) is 11.3 Å². The van der Waals surface area contributed by atoms with Crippen LogP contribution in [0.15, 0.2) is 46.2 Å². The first kappa shape index (κ1) is 16.5. The normalized spacial score (nSPS) is 10.8. The Kier molecular flexibility index (Phi) is 4.55. The zero-order chi connectivity index (χ0) is 17.3. The molecule has 0 bridgehead atoms. The molecular formula is C17H14O5S2. The summed E-state index contributed by atoms with van der Waals surface area (Å²) in [5, 5.41) is 19.9. The van der Waals surface area contributed by atoms with Gasteiger partial charge in [0.1, 0.15) is 10.6 Å². The Morgan fingerprint density at radius 3 is 2.46 bits per heavy atom. The fourth-order valence-electron chi connectivity index (χ4n) is 2.31. The van der Waals surface area contributed by atoms with Gasteiger partial charge in [-0.1, -0.05) is 17.8 Å². The molecule has 0 spiro atoms. The number of phenols is 1. The highest BCUT2D eigenvalue weighted by atomic mass is 32.2. The Morgan fingerprint density at radius 1 is 1.12 bits per heavy atom. The van der Waals surface area contributed by atoms with Crippen LogP contribution in [-0.2, 0) is 0 Å². The van der Waals surface area contributed by atoms with Crippen molar-refractivity contribution in [3.05, 3.63) is 41.3 Å². The second-order valence-corrected chi connectivity index (χ2v) is 7.00. The Bertz CT molecular complexity index is 917. The van der Waals surface area contributed by atoms with Crippen molar-refractivity contribution in [2.45, 2.75) is 9.79 Å². The van der Waals surface area contributed by atoms with E-state index in [9.17, 15) is 15.0 Å². The van der Waals surface area contributed by atoms with Gasteiger partial charge in [-0.2, -0.15) is 0 Å². The van der Waals surface area contributed by atoms with Crippen LogP contribution in [0.1, 0.15) is 9.67 Å². The van der Waals surface area contributed by atoms with Crippen molar-refractivity contribution in [3.8, 4) is 17.2 Å². The number of aromatic hydroxyl groups is 1. The van der Waals surface area contributed by atoms with E-state index in [1.807, 2.05) is 6.07 Å². The Morgan fingerprint density at radius 2 is 1.83 bits per heavy atom. The van der Waals surface area contributed by atoms with Gasteiger partial charge in [-0.3, -0.25) is 0 Å². The zero-order valence-corrected chi connectivity index (χ0v) is 14.5. The monoisotopic (exact) mass is 362 g/mol. The zero-order valence-electron chi connectivity index (χ0n) is 12.9. The van der Waals surface area contributed by atoms with Crippen molar-refractivity contribution in [2.75, 3.05) is 14.2 Å². The topological polar surface area (TPSA) is 76.0 Å². The molecule has 0 fully saturated rings. The van der Waals surface area contributed by atoms with E-state index in [4.69, 9.17) is 9.47 Å². The van der Waals surface area contributed by atoms with Crippen LogP contribution < -0.4 is 9.47 Å². The summed E-state index contributed by atoms with van der Waals surface area (Å²) in [5.41, 5.74) is 0. The number of rotatable bonds is 5. The van der Waals surface area contributed by atoms with E-state index in [-0.39, 0.29) is 10.6 Å². The molecule has 0 amide bonds. The molecule has 7 heteroatoms. The molecule has 3 aromatic rings. The molecule has 3 rings (SSSR count). The van der Waals surface area contributed by atoms with Gasteiger partial charge in [-0.05, 0) is 24.3 Å². The lowest BCUT2D eigenvalue weighted by Crippen LogP contribution is -1.93. The first-order chi connectivity index (χ1) is 11.5. The van der Waals surface area contributed by atoms with Crippen molar-refractivity contribution >= 4 is 39.2 Å². The third-order valence-corrected chi connectivity index (χ3v) is 5.77. The van der Waals surface area contributed by atoms with Gasteiger partial charge >= 0.3 is 5.97 Å². The minimum absolute atomic E-state index is 0.135. The van der Waals surface area contributed by atoms with Crippen LogP contribution in [0.5, 0.6) is 17.2 Å². The van der Waals surface area contributed by atoms with E-state index in [1.54, 1.807) is 30.3 Å². The quantitative estimate of drug-likeness (QED) is 0.697. The molecule has 0 radical (unpaired) electrons. The Balaban J connectivity index is 2.19. The maximum absolute atomic E-state index is 11.6. The number of methoxy groups -OCH3 is 2. The SMILES string of the molecule is COc1cc2sc(C(=O)O)c(Sc3cccc(O)c3)c2cc1OC. The highest BCUT2D eigenvalue weighted by molar-refractivity contribution is 7.99. The predicted molar refractivity (Wildman–Crippen MR) is 94.1 cm³/mol. The van der Waals surface area contributed by atoms with Gasteiger partial charge < -0.3 is 19.7 Å². The molecule has 0 aliphatic rings. The molecular weight excluding hydrogens is 348 g/mol. The summed E-state index contributed by atoms with van der Waals surface area (Å²) < 4.78 is 11.4. The molecule has 1 aromatic heterocycles. The maximum Gasteiger partial charge on any atom is 0.347 e. The number of phenolic OH excluding ortho intramolecular Hbond substituents is 1. The summed E-state index contributed by atoms with van der Waals surface area (Å²) in [6, 6.07) is 10.3. The van der Waals surface area contributed by atoms with E-state index in [2.05, 4.69) is 0 Å². The van der Waals surface area contributed by atoms with Crippen LogP contribution in [0.4, 0.5) is 0 Å². The lowest BCUT2D eigenvalue weighted by atomic mass is 10.2. The van der Waals surface area contributed by atoms with Crippen LogP contribution in [0.2, 0.25) is 0 Å². The molecule has 0 unspecified atom stereocenters. The first-order valence-corrected chi connectivity index (χ1v) is 8.55. The van der Waals surface area contributed by atoms with Gasteiger partial charge in [0.25, 0.3) is 0 Å². The molecule has 0 saturated heterocycles. The number of carbonyl (C=O) groups is 1. The summed E-state index contributed by atoms with van der Waals surface area (Å²) in [7, 11) is 3.08. The number of benzene rings is 2. The molecule has 2 aromatic carbocycles. The van der Waals surface area contributed by atoms with Gasteiger partial charge in [0.15, 0.2) is 11.5 Å². The van der Waals surface area contributed by atoms with Crippen molar-refractivity contribution in [1.29, 1.82) is 0 Å². The average molecular weight is 362 g/mol. The smallest absolute Gasteiger partial charge is 0.347 e. The molecule has 0 atom stereocenters. The number of hydrogen-bond donors (Lipinski definition) is 2. The van der Waals surface area contributed by atoms with E-state index < -0.39 is 5.97 Å². The van der Waals surface area contributed by atoms with E-state index >= 15 is 0 Å². The van der Waals surface area contributed by atoms with Crippen LogP contribution in [0.3, 0.4) is 0 Å². The number of ether oxygens (including phenoxy) is 2. The number of aromatic carboxylic acids is 1. The number of carboxylic acids is 1. The maximum atomic E-state index is 11.6. The first-order valence-electron chi connectivity index (χ1n) is 6.92. The van der Waals surface area contributed by atoms with E-state index in [1.165, 1.54) is 37.3 Å². The summed E-state index contributed by atoms with van der Waals surface area (Å²) in [5.74, 6) is 0.238. The lowest BCUT2D eigenvalue weighted by Gasteiger charge is -2.08. The number of hydrogen-bond acceptors (Lipinski definition) is 6. The van der Waals surface area contributed by atoms with Gasteiger partial charge in [0.2, 0.25) is 0 Å². The van der Waals surface area contributed by atoms with E-state index in [0.29, 0.717) is 16.4 Å². The molecule has 2 N–H and O–H groups in total. The molecule has 0 aliphatic carbocycles. The van der Waals surface area contributed by atoms with Gasteiger partial charge in [-0.25, -0.2) is 4.79 Å². The standard InChI is InChI=1S/C17H14O5S2/c1-21-12-7-11-14(8-13(12)22-2)24-16(17(19)20)15(11)23-10-5-3-4-9(18)6-10/h3-8,18H,1-2H3,(H,19,20). The van der Waals surface area contributed by atoms with Crippen molar-refractivity contribution in [1.82, 2.24) is 0 Å². The summed E-state index contributed by atoms with van der Waals surface area (Å²) in [6.07, 6.45) is 0. The highest BCUT2D eigenvalue weighted by Gasteiger charge is 2.21. The van der Waals surface area contributed by atoms with Crippen molar-refractivity contribution in [3.63, 3.8) is 0 Å². The van der Waals surface area contributed by atoms with Gasteiger partial charge in [0, 0.05) is 25.9 Å². The minimum atomic E-state index is -0.989. The number of thiophene rings is 1. The fourth-order valence-corrected chi connectivity index (χ4v) is 4.59. The molecule has 5 nitrogen and oxygen atoms in total. The van der Waals surface area contributed by atoms with Gasteiger partial charge in [0.05, 0.1) is 14.2 Å². The minimum Gasteiger partial charge on any atom is -0.508 e. The molecule has 124 valence electrons. The molecule has 0 saturated carbocycles. The summed E-state index contributed by atoms with van der Waals surface area (Å²) in [4.78, 5) is 13.3.